The van der Waals surface area contributed by atoms with Gasteiger partial charge in [0.1, 0.15) is 0 Å². The van der Waals surface area contributed by atoms with Crippen molar-refractivity contribution in [2.24, 2.45) is 17.8 Å². The van der Waals surface area contributed by atoms with Gasteiger partial charge in [0.05, 0.1) is 5.60 Å². The van der Waals surface area contributed by atoms with Crippen LogP contribution in [0.1, 0.15) is 38.5 Å². The maximum Gasteiger partial charge on any atom is 0.0655 e. The Morgan fingerprint density at radius 2 is 1.31 bits per heavy atom. The highest BCUT2D eigenvalue weighted by atomic mass is 32.1. The first-order valence-electron chi connectivity index (χ1n) is 6.43. The van der Waals surface area contributed by atoms with Crippen LogP contribution in [-0.4, -0.2) is 10.7 Å². The van der Waals surface area contributed by atoms with Crippen LogP contribution in [0, 0.1) is 17.8 Å². The van der Waals surface area contributed by atoms with E-state index < -0.39 is 0 Å². The molecule has 1 aromatic heterocycles. The van der Waals surface area contributed by atoms with Crippen LogP contribution < -0.4 is 0 Å². The average Bonchev–Trinajstić information content (AvgIpc) is 2.70. The summed E-state index contributed by atoms with van der Waals surface area (Å²) in [4.78, 5) is 0. The van der Waals surface area contributed by atoms with Gasteiger partial charge in [0.25, 0.3) is 0 Å². The number of hydrogen-bond donors (Lipinski definition) is 1. The van der Waals surface area contributed by atoms with Crippen LogP contribution in [0.5, 0.6) is 0 Å². The van der Waals surface area contributed by atoms with E-state index in [0.29, 0.717) is 0 Å². The Morgan fingerprint density at radius 3 is 1.56 bits per heavy atom. The maximum absolute atomic E-state index is 10.1. The van der Waals surface area contributed by atoms with Crippen molar-refractivity contribution in [3.8, 4) is 0 Å². The van der Waals surface area contributed by atoms with Crippen LogP contribution in [0.15, 0.2) is 22.9 Å². The van der Waals surface area contributed by atoms with Crippen LogP contribution in [0.3, 0.4) is 0 Å². The van der Waals surface area contributed by atoms with Crippen molar-refractivity contribution in [2.45, 2.75) is 44.1 Å². The molecule has 0 atom stereocenters. The minimum atomic E-state index is -0.200. The second-order valence-electron chi connectivity index (χ2n) is 5.94. The molecule has 88 valence electrons. The molecule has 1 aromatic rings. The lowest BCUT2D eigenvalue weighted by atomic mass is 9.54. The molecule has 0 unspecified atom stereocenters. The van der Waals surface area contributed by atoms with E-state index in [1.165, 1.54) is 19.3 Å². The molecule has 4 aliphatic rings. The fraction of sp³-hybridized carbons (Fsp3) is 0.714. The minimum Gasteiger partial charge on any atom is -0.390 e. The smallest absolute Gasteiger partial charge is 0.0655 e. The molecule has 0 saturated heterocycles. The molecule has 0 aliphatic heterocycles. The highest BCUT2D eigenvalue weighted by molar-refractivity contribution is 7.07. The molecule has 4 fully saturated rings. The summed E-state index contributed by atoms with van der Waals surface area (Å²) in [7, 11) is 0. The van der Waals surface area contributed by atoms with E-state index in [9.17, 15) is 5.11 Å². The van der Waals surface area contributed by atoms with Crippen LogP contribution >= 0.6 is 11.3 Å². The molecule has 0 aromatic carbocycles. The van der Waals surface area contributed by atoms with Gasteiger partial charge in [-0.15, -0.1) is 0 Å². The number of rotatable bonds is 0. The molecule has 16 heavy (non-hydrogen) atoms. The van der Waals surface area contributed by atoms with Crippen molar-refractivity contribution in [1.29, 1.82) is 0 Å². The molecule has 1 heterocycles. The predicted molar refractivity (Wildman–Crippen MR) is 67.4 cm³/mol. The van der Waals surface area contributed by atoms with Gasteiger partial charge in [0, 0.05) is 0 Å². The first-order chi connectivity index (χ1) is 7.73. The van der Waals surface area contributed by atoms with Crippen molar-refractivity contribution in [1.82, 2.24) is 0 Å². The van der Waals surface area contributed by atoms with E-state index in [1.54, 1.807) is 11.3 Å². The first-order valence-corrected chi connectivity index (χ1v) is 7.37. The summed E-state index contributed by atoms with van der Waals surface area (Å²) < 4.78 is 0. The summed E-state index contributed by atoms with van der Waals surface area (Å²) in [6.45, 7) is 0. The number of thiophene rings is 1. The summed E-state index contributed by atoms with van der Waals surface area (Å²) >= 11 is 1.71. The monoisotopic (exact) mass is 236 g/mol. The highest BCUT2D eigenvalue weighted by Gasteiger charge is 2.49. The molecule has 0 radical (unpaired) electrons. The lowest BCUT2D eigenvalue weighted by molar-refractivity contribution is -0.124. The first kappa shape index (κ1) is 10.8. The third-order valence-corrected chi connectivity index (χ3v) is 5.06. The zero-order valence-corrected chi connectivity index (χ0v) is 10.5. The van der Waals surface area contributed by atoms with E-state index in [4.69, 9.17) is 0 Å². The largest absolute Gasteiger partial charge is 0.390 e. The van der Waals surface area contributed by atoms with Gasteiger partial charge in [0.15, 0.2) is 0 Å². The molecule has 0 amide bonds. The molecular formula is C14H20OS. The Labute approximate surface area is 102 Å². The summed E-state index contributed by atoms with van der Waals surface area (Å²) in [5, 5.41) is 14.2. The fourth-order valence-electron chi connectivity index (χ4n) is 4.29. The maximum atomic E-state index is 10.1. The van der Waals surface area contributed by atoms with Crippen LogP contribution in [0.2, 0.25) is 0 Å². The summed E-state index contributed by atoms with van der Waals surface area (Å²) in [5.41, 5.74) is -0.200. The Morgan fingerprint density at radius 1 is 0.875 bits per heavy atom. The topological polar surface area (TPSA) is 20.2 Å². The van der Waals surface area contributed by atoms with Crippen molar-refractivity contribution in [3.05, 3.63) is 22.9 Å². The van der Waals surface area contributed by atoms with Crippen LogP contribution in [-0.2, 0) is 0 Å². The van der Waals surface area contributed by atoms with E-state index >= 15 is 0 Å². The molecule has 4 saturated carbocycles. The van der Waals surface area contributed by atoms with Crippen molar-refractivity contribution < 1.29 is 5.11 Å². The lowest BCUT2D eigenvalue weighted by Gasteiger charge is -2.54. The zero-order valence-electron chi connectivity index (χ0n) is 9.64. The SMILES string of the molecule is OC12CC3CC(CC(C3)C1)C2.c1ccsc1. The molecule has 1 N–H and O–H groups in total. The third kappa shape index (κ3) is 2.18. The normalized spacial score (nSPS) is 43.9. The van der Waals surface area contributed by atoms with Crippen molar-refractivity contribution in [2.75, 3.05) is 0 Å². The molecule has 4 bridgehead atoms. The third-order valence-electron chi connectivity index (χ3n) is 4.43. The summed E-state index contributed by atoms with van der Waals surface area (Å²) in [6, 6.07) is 4.04. The van der Waals surface area contributed by atoms with E-state index in [0.717, 1.165) is 37.0 Å². The van der Waals surface area contributed by atoms with Gasteiger partial charge in [-0.3, -0.25) is 0 Å². The summed E-state index contributed by atoms with van der Waals surface area (Å²) in [5.74, 6) is 2.68. The zero-order chi connectivity index (χ0) is 11.0. The van der Waals surface area contributed by atoms with E-state index in [2.05, 4.69) is 0 Å². The average molecular weight is 236 g/mol. The Kier molecular flexibility index (Phi) is 2.80. The second kappa shape index (κ2) is 4.15. The molecule has 1 nitrogen and oxygen atoms in total. The van der Waals surface area contributed by atoms with Gasteiger partial charge in [0.2, 0.25) is 0 Å². The van der Waals surface area contributed by atoms with Gasteiger partial charge in [-0.05, 0) is 67.0 Å². The lowest BCUT2D eigenvalue weighted by Crippen LogP contribution is -2.50. The Hall–Kier alpha value is -0.340. The van der Waals surface area contributed by atoms with Crippen LogP contribution in [0.4, 0.5) is 0 Å². The van der Waals surface area contributed by atoms with Crippen molar-refractivity contribution >= 4 is 11.3 Å². The Bertz CT molecular complexity index is 278. The Balaban J connectivity index is 0.000000137. The number of hydrogen-bond acceptors (Lipinski definition) is 2. The van der Waals surface area contributed by atoms with Gasteiger partial charge < -0.3 is 5.11 Å². The molecular weight excluding hydrogens is 216 g/mol. The highest BCUT2D eigenvalue weighted by Crippen LogP contribution is 2.55. The predicted octanol–water partition coefficient (Wildman–Crippen LogP) is 3.70. The van der Waals surface area contributed by atoms with Gasteiger partial charge >= 0.3 is 0 Å². The van der Waals surface area contributed by atoms with Gasteiger partial charge in [-0.2, -0.15) is 11.3 Å². The van der Waals surface area contributed by atoms with E-state index in [-0.39, 0.29) is 5.60 Å². The minimum absolute atomic E-state index is 0.200. The fourth-order valence-corrected chi connectivity index (χ4v) is 4.75. The molecule has 0 spiro atoms. The standard InChI is InChI=1S/C10H16O.C4H4S/c11-10-4-7-1-8(5-10)3-9(2-7)6-10;1-2-4-5-3-1/h7-9,11H,1-6H2;1-4H. The van der Waals surface area contributed by atoms with Crippen molar-refractivity contribution in [3.63, 3.8) is 0 Å². The van der Waals surface area contributed by atoms with Gasteiger partial charge in [-0.25, -0.2) is 0 Å². The molecule has 5 rings (SSSR count). The second-order valence-corrected chi connectivity index (χ2v) is 6.75. The molecule has 4 aliphatic carbocycles. The molecule has 2 heteroatoms. The van der Waals surface area contributed by atoms with E-state index in [1.807, 2.05) is 22.9 Å². The quantitative estimate of drug-likeness (QED) is 0.728. The summed E-state index contributed by atoms with van der Waals surface area (Å²) in [6.07, 6.45) is 7.66. The van der Waals surface area contributed by atoms with Gasteiger partial charge in [-0.1, -0.05) is 12.1 Å². The van der Waals surface area contributed by atoms with Crippen LogP contribution in [0.25, 0.3) is 0 Å². The number of aliphatic hydroxyl groups is 1.